The minimum Gasteiger partial charge on any atom is -0.0785 e. The van der Waals surface area contributed by atoms with Crippen molar-refractivity contribution in [3.63, 3.8) is 0 Å². The van der Waals surface area contributed by atoms with Gasteiger partial charge in [-0.15, -0.1) is 0 Å². The zero-order valence-electron chi connectivity index (χ0n) is 12.9. The quantitative estimate of drug-likeness (QED) is 0.637. The molecule has 0 heteroatoms. The number of allylic oxidation sites excluding steroid dienone is 1. The summed E-state index contributed by atoms with van der Waals surface area (Å²) in [5.74, 6) is 0. The molecule has 0 radical (unpaired) electrons. The molecule has 0 spiro atoms. The van der Waals surface area contributed by atoms with Crippen LogP contribution in [0, 0.1) is 10.8 Å². The second-order valence-electron chi connectivity index (χ2n) is 7.51. The SMILES string of the molecule is CC(C)(C)/C=C/c1cccc(CCC(C)(C)C)c1. The molecule has 0 bridgehead atoms. The highest BCUT2D eigenvalue weighted by atomic mass is 14.2. The fraction of sp³-hybridized carbons (Fsp3) is 0.556. The Morgan fingerprint density at radius 3 is 2.22 bits per heavy atom. The molecule has 0 nitrogen and oxygen atoms in total. The van der Waals surface area contributed by atoms with Crippen molar-refractivity contribution in [2.24, 2.45) is 10.8 Å². The van der Waals surface area contributed by atoms with Gasteiger partial charge in [0.2, 0.25) is 0 Å². The molecule has 0 unspecified atom stereocenters. The van der Waals surface area contributed by atoms with E-state index in [9.17, 15) is 0 Å². The molecule has 0 aliphatic heterocycles. The molecule has 100 valence electrons. The van der Waals surface area contributed by atoms with E-state index in [-0.39, 0.29) is 5.41 Å². The fourth-order valence-electron chi connectivity index (χ4n) is 1.72. The Balaban J connectivity index is 2.71. The van der Waals surface area contributed by atoms with Gasteiger partial charge in [0.25, 0.3) is 0 Å². The van der Waals surface area contributed by atoms with Crippen LogP contribution in [0.15, 0.2) is 30.3 Å². The number of rotatable bonds is 3. The molecular weight excluding hydrogens is 216 g/mol. The first kappa shape index (κ1) is 15.0. The van der Waals surface area contributed by atoms with E-state index in [0.29, 0.717) is 5.41 Å². The minimum atomic E-state index is 0.251. The Bertz CT molecular complexity index is 397. The van der Waals surface area contributed by atoms with Gasteiger partial charge in [-0.3, -0.25) is 0 Å². The standard InChI is InChI=1S/C18H28/c1-17(2,3)12-10-15-8-7-9-16(14-15)11-13-18(4,5)6/h7-10,12,14H,11,13H2,1-6H3/b12-10+. The van der Waals surface area contributed by atoms with E-state index in [4.69, 9.17) is 0 Å². The van der Waals surface area contributed by atoms with E-state index in [0.717, 1.165) is 0 Å². The summed E-state index contributed by atoms with van der Waals surface area (Å²) in [5, 5.41) is 0. The lowest BCUT2D eigenvalue weighted by Crippen LogP contribution is -2.06. The summed E-state index contributed by atoms with van der Waals surface area (Å²) >= 11 is 0. The van der Waals surface area contributed by atoms with Gasteiger partial charge in [-0.2, -0.15) is 0 Å². The summed E-state index contributed by atoms with van der Waals surface area (Å²) in [6, 6.07) is 8.90. The number of aryl methyl sites for hydroxylation is 1. The highest BCUT2D eigenvalue weighted by molar-refractivity contribution is 5.51. The summed E-state index contributed by atoms with van der Waals surface area (Å²) in [5.41, 5.74) is 3.43. The summed E-state index contributed by atoms with van der Waals surface area (Å²) in [7, 11) is 0. The Kier molecular flexibility index (Phi) is 4.78. The maximum absolute atomic E-state index is 2.31. The van der Waals surface area contributed by atoms with Crippen LogP contribution in [0.2, 0.25) is 0 Å². The molecule has 0 aliphatic rings. The average Bonchev–Trinajstić information content (AvgIpc) is 2.22. The Hall–Kier alpha value is -1.04. The van der Waals surface area contributed by atoms with Gasteiger partial charge in [-0.25, -0.2) is 0 Å². The number of hydrogen-bond acceptors (Lipinski definition) is 0. The molecule has 1 aromatic rings. The van der Waals surface area contributed by atoms with E-state index in [1.807, 2.05) is 0 Å². The van der Waals surface area contributed by atoms with Crippen molar-refractivity contribution in [3.8, 4) is 0 Å². The van der Waals surface area contributed by atoms with Crippen molar-refractivity contribution >= 4 is 6.08 Å². The van der Waals surface area contributed by atoms with Crippen LogP contribution in [-0.4, -0.2) is 0 Å². The van der Waals surface area contributed by atoms with Crippen LogP contribution in [0.5, 0.6) is 0 Å². The third-order valence-corrected chi connectivity index (χ3v) is 2.89. The molecule has 0 fully saturated rings. The lowest BCUT2D eigenvalue weighted by atomic mass is 9.88. The smallest absolute Gasteiger partial charge is 0.0200 e. The summed E-state index contributed by atoms with van der Waals surface area (Å²) < 4.78 is 0. The van der Waals surface area contributed by atoms with Crippen molar-refractivity contribution in [2.75, 3.05) is 0 Å². The Morgan fingerprint density at radius 1 is 1.00 bits per heavy atom. The molecule has 0 atom stereocenters. The van der Waals surface area contributed by atoms with Crippen molar-refractivity contribution in [3.05, 3.63) is 41.5 Å². The zero-order valence-corrected chi connectivity index (χ0v) is 12.9. The monoisotopic (exact) mass is 244 g/mol. The third-order valence-electron chi connectivity index (χ3n) is 2.89. The average molecular weight is 244 g/mol. The normalized spacial score (nSPS) is 13.2. The van der Waals surface area contributed by atoms with Gasteiger partial charge in [-0.05, 0) is 34.8 Å². The van der Waals surface area contributed by atoms with Crippen LogP contribution in [-0.2, 0) is 6.42 Å². The zero-order chi connectivity index (χ0) is 13.8. The van der Waals surface area contributed by atoms with E-state index in [2.05, 4.69) is 78.0 Å². The second-order valence-corrected chi connectivity index (χ2v) is 7.51. The molecule has 0 aliphatic carbocycles. The van der Waals surface area contributed by atoms with Gasteiger partial charge in [0, 0.05) is 0 Å². The van der Waals surface area contributed by atoms with Crippen LogP contribution >= 0.6 is 0 Å². The number of benzene rings is 1. The third kappa shape index (κ3) is 6.64. The number of hydrogen-bond donors (Lipinski definition) is 0. The molecule has 0 saturated carbocycles. The van der Waals surface area contributed by atoms with Crippen LogP contribution in [0.1, 0.15) is 59.1 Å². The lowest BCUT2D eigenvalue weighted by Gasteiger charge is -2.17. The maximum Gasteiger partial charge on any atom is -0.0200 e. The van der Waals surface area contributed by atoms with Crippen LogP contribution in [0.4, 0.5) is 0 Å². The molecule has 1 aromatic carbocycles. The van der Waals surface area contributed by atoms with Gasteiger partial charge >= 0.3 is 0 Å². The van der Waals surface area contributed by atoms with E-state index >= 15 is 0 Å². The van der Waals surface area contributed by atoms with E-state index < -0.39 is 0 Å². The maximum atomic E-state index is 2.31. The van der Waals surface area contributed by atoms with Gasteiger partial charge < -0.3 is 0 Å². The molecule has 0 N–H and O–H groups in total. The largest absolute Gasteiger partial charge is 0.0785 e. The summed E-state index contributed by atoms with van der Waals surface area (Å²) in [4.78, 5) is 0. The fourth-order valence-corrected chi connectivity index (χ4v) is 1.72. The van der Waals surface area contributed by atoms with Crippen molar-refractivity contribution < 1.29 is 0 Å². The minimum absolute atomic E-state index is 0.251. The van der Waals surface area contributed by atoms with Crippen LogP contribution in [0.3, 0.4) is 0 Å². The van der Waals surface area contributed by atoms with Crippen molar-refractivity contribution in [1.82, 2.24) is 0 Å². The highest BCUT2D eigenvalue weighted by Crippen LogP contribution is 2.22. The van der Waals surface area contributed by atoms with Crippen LogP contribution in [0.25, 0.3) is 6.08 Å². The predicted octanol–water partition coefficient (Wildman–Crippen LogP) is 5.72. The molecule has 0 heterocycles. The molecule has 0 saturated heterocycles. The Labute approximate surface area is 113 Å². The Morgan fingerprint density at radius 2 is 1.67 bits per heavy atom. The molecule has 0 aromatic heterocycles. The summed E-state index contributed by atoms with van der Waals surface area (Å²) in [6.45, 7) is 13.6. The highest BCUT2D eigenvalue weighted by Gasteiger charge is 2.10. The van der Waals surface area contributed by atoms with E-state index in [1.165, 1.54) is 24.0 Å². The first-order chi connectivity index (χ1) is 8.16. The van der Waals surface area contributed by atoms with Crippen molar-refractivity contribution in [1.29, 1.82) is 0 Å². The lowest BCUT2D eigenvalue weighted by molar-refractivity contribution is 0.378. The van der Waals surface area contributed by atoms with E-state index in [1.54, 1.807) is 0 Å². The van der Waals surface area contributed by atoms with Crippen LogP contribution < -0.4 is 0 Å². The molecule has 18 heavy (non-hydrogen) atoms. The van der Waals surface area contributed by atoms with Gasteiger partial charge in [0.15, 0.2) is 0 Å². The first-order valence-corrected chi connectivity index (χ1v) is 6.94. The van der Waals surface area contributed by atoms with Gasteiger partial charge in [0.05, 0.1) is 0 Å². The van der Waals surface area contributed by atoms with Gasteiger partial charge in [-0.1, -0.05) is 78.0 Å². The predicted molar refractivity (Wildman–Crippen MR) is 82.7 cm³/mol. The molecular formula is C18H28. The molecule has 1 rings (SSSR count). The summed E-state index contributed by atoms with van der Waals surface area (Å²) in [6.07, 6.45) is 6.91. The molecule has 0 amide bonds. The first-order valence-electron chi connectivity index (χ1n) is 6.94. The van der Waals surface area contributed by atoms with Gasteiger partial charge in [0.1, 0.15) is 0 Å². The topological polar surface area (TPSA) is 0 Å². The van der Waals surface area contributed by atoms with Crippen molar-refractivity contribution in [2.45, 2.75) is 54.4 Å². The second kappa shape index (κ2) is 5.73.